The Morgan fingerprint density at radius 2 is 1.75 bits per heavy atom. The minimum Gasteiger partial charge on any atom is -0.323 e. The number of carbonyl (C=O) groups excluding carboxylic acids is 1. The molecule has 0 aliphatic carbocycles. The molecule has 2 aromatic rings. The van der Waals surface area contributed by atoms with Crippen LogP contribution in [0.5, 0.6) is 0 Å². The molecule has 0 saturated carbocycles. The van der Waals surface area contributed by atoms with Crippen LogP contribution in [0.25, 0.3) is 0 Å². The summed E-state index contributed by atoms with van der Waals surface area (Å²) in [5.74, 6) is -0.655. The highest BCUT2D eigenvalue weighted by molar-refractivity contribution is 8.00. The lowest BCUT2D eigenvalue weighted by atomic mass is 10.3. The van der Waals surface area contributed by atoms with Crippen molar-refractivity contribution < 1.29 is 9.18 Å². The van der Waals surface area contributed by atoms with Crippen molar-refractivity contribution in [1.29, 1.82) is 0 Å². The van der Waals surface area contributed by atoms with Crippen molar-refractivity contribution in [2.75, 3.05) is 11.1 Å². The highest BCUT2D eigenvalue weighted by atomic mass is 35.5. The third-order valence-electron chi connectivity index (χ3n) is 2.39. The molecule has 20 heavy (non-hydrogen) atoms. The molecule has 0 fully saturated rings. The molecule has 6 heteroatoms. The van der Waals surface area contributed by atoms with Crippen LogP contribution in [0.3, 0.4) is 0 Å². The number of amides is 1. The van der Waals surface area contributed by atoms with E-state index >= 15 is 0 Å². The summed E-state index contributed by atoms with van der Waals surface area (Å²) >= 11 is 12.8. The maximum atomic E-state index is 13.5. The van der Waals surface area contributed by atoms with Crippen molar-refractivity contribution in [3.05, 3.63) is 58.3 Å². The molecule has 0 radical (unpaired) electrons. The predicted molar refractivity (Wildman–Crippen MR) is 82.2 cm³/mol. The molecular formula is C14H10Cl2FNOS. The van der Waals surface area contributed by atoms with Crippen LogP contribution < -0.4 is 5.32 Å². The zero-order chi connectivity index (χ0) is 14.5. The van der Waals surface area contributed by atoms with Crippen LogP contribution in [0.2, 0.25) is 10.0 Å². The van der Waals surface area contributed by atoms with Gasteiger partial charge in [-0.1, -0.05) is 23.2 Å². The lowest BCUT2D eigenvalue weighted by molar-refractivity contribution is -0.113. The average molecular weight is 330 g/mol. The minimum absolute atomic E-state index is 0.121. The summed E-state index contributed by atoms with van der Waals surface area (Å²) in [6.45, 7) is 0. The van der Waals surface area contributed by atoms with E-state index in [1.54, 1.807) is 12.1 Å². The molecule has 0 bridgehead atoms. The first-order chi connectivity index (χ1) is 9.54. The first-order valence-corrected chi connectivity index (χ1v) is 7.42. The molecular weight excluding hydrogens is 320 g/mol. The van der Waals surface area contributed by atoms with E-state index in [9.17, 15) is 9.18 Å². The third-order valence-corrected chi connectivity index (χ3v) is 3.89. The summed E-state index contributed by atoms with van der Waals surface area (Å²) in [5.41, 5.74) is 0.121. The number of anilines is 1. The number of halogens is 3. The second kappa shape index (κ2) is 6.97. The third kappa shape index (κ3) is 4.40. The Bertz CT molecular complexity index is 619. The van der Waals surface area contributed by atoms with Gasteiger partial charge < -0.3 is 5.32 Å². The Morgan fingerprint density at radius 3 is 2.40 bits per heavy atom. The van der Waals surface area contributed by atoms with Gasteiger partial charge in [-0.3, -0.25) is 4.79 Å². The monoisotopic (exact) mass is 329 g/mol. The Balaban J connectivity index is 1.90. The molecule has 0 heterocycles. The van der Waals surface area contributed by atoms with E-state index in [4.69, 9.17) is 23.2 Å². The zero-order valence-corrected chi connectivity index (χ0v) is 12.5. The second-order valence-electron chi connectivity index (χ2n) is 3.91. The van der Waals surface area contributed by atoms with Gasteiger partial charge in [0.1, 0.15) is 5.82 Å². The fraction of sp³-hybridized carbons (Fsp3) is 0.0714. The maximum absolute atomic E-state index is 13.5. The van der Waals surface area contributed by atoms with Gasteiger partial charge in [-0.25, -0.2) is 4.39 Å². The fourth-order valence-corrected chi connectivity index (χ4v) is 2.44. The summed E-state index contributed by atoms with van der Waals surface area (Å²) in [7, 11) is 0. The smallest absolute Gasteiger partial charge is 0.234 e. The fourth-order valence-electron chi connectivity index (χ4n) is 1.46. The van der Waals surface area contributed by atoms with Crippen LogP contribution >= 0.6 is 35.0 Å². The van der Waals surface area contributed by atoms with Crippen molar-refractivity contribution in [1.82, 2.24) is 0 Å². The average Bonchev–Trinajstić information content (AvgIpc) is 2.41. The molecule has 2 nitrogen and oxygen atoms in total. The van der Waals surface area contributed by atoms with Crippen molar-refractivity contribution in [2.45, 2.75) is 4.90 Å². The van der Waals surface area contributed by atoms with Gasteiger partial charge in [0, 0.05) is 14.9 Å². The molecule has 1 amide bonds. The van der Waals surface area contributed by atoms with Crippen LogP contribution in [0, 0.1) is 5.82 Å². The van der Waals surface area contributed by atoms with E-state index in [2.05, 4.69) is 5.32 Å². The van der Waals surface area contributed by atoms with E-state index < -0.39 is 5.82 Å². The zero-order valence-electron chi connectivity index (χ0n) is 10.2. The normalized spacial score (nSPS) is 10.3. The van der Waals surface area contributed by atoms with E-state index in [1.165, 1.54) is 23.9 Å². The summed E-state index contributed by atoms with van der Waals surface area (Å²) in [6.07, 6.45) is 0. The first-order valence-electron chi connectivity index (χ1n) is 5.68. The molecule has 0 aliphatic rings. The van der Waals surface area contributed by atoms with E-state index in [0.29, 0.717) is 5.02 Å². The number of nitrogens with one attached hydrogen (secondary N) is 1. The van der Waals surface area contributed by atoms with Gasteiger partial charge in [0.15, 0.2) is 0 Å². The summed E-state index contributed by atoms with van der Waals surface area (Å²) in [6, 6.07) is 11.3. The second-order valence-corrected chi connectivity index (χ2v) is 5.84. The number of thioether (sulfide) groups is 1. The standard InChI is InChI=1S/C14H10Cl2FNOS/c15-9-1-4-11(5-2-9)20-8-14(19)18-13-6-3-10(16)7-12(13)17/h1-7H,8H2,(H,18,19). The molecule has 1 N–H and O–H groups in total. The number of hydrogen-bond acceptors (Lipinski definition) is 2. The molecule has 0 spiro atoms. The topological polar surface area (TPSA) is 29.1 Å². The van der Waals surface area contributed by atoms with Crippen molar-refractivity contribution in [2.24, 2.45) is 0 Å². The van der Waals surface area contributed by atoms with Gasteiger partial charge in [0.25, 0.3) is 0 Å². The van der Waals surface area contributed by atoms with E-state index in [0.717, 1.165) is 11.0 Å². The van der Waals surface area contributed by atoms with Crippen molar-refractivity contribution in [3.8, 4) is 0 Å². The lowest BCUT2D eigenvalue weighted by Gasteiger charge is -2.06. The Morgan fingerprint density at radius 1 is 1.10 bits per heavy atom. The SMILES string of the molecule is O=C(CSc1ccc(Cl)cc1)Nc1ccc(Cl)cc1F. The molecule has 0 saturated heterocycles. The van der Waals surface area contributed by atoms with Crippen molar-refractivity contribution >= 4 is 46.6 Å². The lowest BCUT2D eigenvalue weighted by Crippen LogP contribution is -2.14. The first kappa shape index (κ1) is 15.2. The Kier molecular flexibility index (Phi) is 5.29. The van der Waals surface area contributed by atoms with E-state index in [-0.39, 0.29) is 22.4 Å². The van der Waals surface area contributed by atoms with Crippen LogP contribution in [0.4, 0.5) is 10.1 Å². The number of rotatable bonds is 4. The molecule has 2 aromatic carbocycles. The molecule has 0 aliphatic heterocycles. The predicted octanol–water partition coefficient (Wildman–Crippen LogP) is 4.86. The van der Waals surface area contributed by atoms with Gasteiger partial charge >= 0.3 is 0 Å². The Labute approximate surface area is 130 Å². The summed E-state index contributed by atoms with van der Waals surface area (Å²) in [5, 5.41) is 3.43. The molecule has 0 aromatic heterocycles. The van der Waals surface area contributed by atoms with Gasteiger partial charge in [-0.2, -0.15) is 0 Å². The van der Waals surface area contributed by atoms with Gasteiger partial charge in [-0.05, 0) is 42.5 Å². The highest BCUT2D eigenvalue weighted by Gasteiger charge is 2.08. The van der Waals surface area contributed by atoms with Gasteiger partial charge in [0.05, 0.1) is 11.4 Å². The minimum atomic E-state index is -0.553. The highest BCUT2D eigenvalue weighted by Crippen LogP contribution is 2.22. The van der Waals surface area contributed by atoms with E-state index in [1.807, 2.05) is 12.1 Å². The van der Waals surface area contributed by atoms with Gasteiger partial charge in [0.2, 0.25) is 5.91 Å². The molecule has 0 atom stereocenters. The largest absolute Gasteiger partial charge is 0.323 e. The van der Waals surface area contributed by atoms with Crippen LogP contribution in [-0.4, -0.2) is 11.7 Å². The van der Waals surface area contributed by atoms with Crippen LogP contribution in [0.1, 0.15) is 0 Å². The van der Waals surface area contributed by atoms with Crippen LogP contribution in [-0.2, 0) is 4.79 Å². The molecule has 104 valence electrons. The summed E-state index contributed by atoms with van der Waals surface area (Å²) in [4.78, 5) is 12.6. The van der Waals surface area contributed by atoms with Gasteiger partial charge in [-0.15, -0.1) is 11.8 Å². The Hall–Kier alpha value is -1.23. The maximum Gasteiger partial charge on any atom is 0.234 e. The number of hydrogen-bond donors (Lipinski definition) is 1. The van der Waals surface area contributed by atoms with Crippen molar-refractivity contribution in [3.63, 3.8) is 0 Å². The molecule has 2 rings (SSSR count). The number of benzene rings is 2. The van der Waals surface area contributed by atoms with Crippen LogP contribution in [0.15, 0.2) is 47.4 Å². The summed E-state index contributed by atoms with van der Waals surface area (Å²) < 4.78 is 13.5. The quantitative estimate of drug-likeness (QED) is 0.811. The number of carbonyl (C=O) groups is 1. The molecule has 0 unspecified atom stereocenters.